The highest BCUT2D eigenvalue weighted by molar-refractivity contribution is 6.30. The van der Waals surface area contributed by atoms with Crippen LogP contribution in [0.25, 0.3) is 34.1 Å². The summed E-state index contributed by atoms with van der Waals surface area (Å²) in [5, 5.41) is 8.42. The first kappa shape index (κ1) is 25.2. The third-order valence-electron chi connectivity index (χ3n) is 8.02. The second kappa shape index (κ2) is 10.6. The molecule has 2 fully saturated rings. The third-order valence-corrected chi connectivity index (χ3v) is 8.23. The van der Waals surface area contributed by atoms with Crippen LogP contribution in [-0.4, -0.2) is 60.0 Å². The van der Waals surface area contributed by atoms with Gasteiger partial charge in [-0.15, -0.1) is 10.2 Å². The molecule has 1 aliphatic heterocycles. The number of aromatic nitrogens is 7. The topological polar surface area (TPSA) is 108 Å². The molecule has 0 N–H and O–H groups in total. The minimum atomic E-state index is 0.106. The Morgan fingerprint density at radius 2 is 1.92 bits per heavy atom. The van der Waals surface area contributed by atoms with Crippen molar-refractivity contribution in [2.75, 3.05) is 18.1 Å². The van der Waals surface area contributed by atoms with Crippen LogP contribution in [0, 0.1) is 11.8 Å². The molecule has 10 nitrogen and oxygen atoms in total. The molecule has 2 atom stereocenters. The van der Waals surface area contributed by atoms with Crippen LogP contribution in [0.15, 0.2) is 29.3 Å². The number of imidazole rings is 1. The zero-order valence-corrected chi connectivity index (χ0v) is 22.8. The second-order valence-electron chi connectivity index (χ2n) is 10.6. The van der Waals surface area contributed by atoms with Crippen molar-refractivity contribution in [1.82, 2.24) is 34.7 Å². The summed E-state index contributed by atoms with van der Waals surface area (Å²) in [6.07, 6.45) is 10.6. The average Bonchev–Trinajstić information content (AvgIpc) is 3.58. The van der Waals surface area contributed by atoms with Crippen molar-refractivity contribution >= 4 is 28.7 Å². The summed E-state index contributed by atoms with van der Waals surface area (Å²) in [5.41, 5.74) is 2.96. The van der Waals surface area contributed by atoms with E-state index in [1.807, 2.05) is 6.07 Å². The largest absolute Gasteiger partial charge is 0.421 e. The molecule has 0 radical (unpaired) electrons. The Morgan fingerprint density at radius 3 is 2.66 bits per heavy atom. The quantitative estimate of drug-likeness (QED) is 0.319. The summed E-state index contributed by atoms with van der Waals surface area (Å²) >= 11 is 6.38. The molecule has 38 heavy (non-hydrogen) atoms. The average molecular weight is 537 g/mol. The van der Waals surface area contributed by atoms with Gasteiger partial charge in [-0.1, -0.05) is 38.3 Å². The molecule has 4 aromatic heterocycles. The minimum absolute atomic E-state index is 0.106. The van der Waals surface area contributed by atoms with Gasteiger partial charge in [0.1, 0.15) is 11.2 Å². The van der Waals surface area contributed by atoms with Crippen LogP contribution in [0.5, 0.6) is 0 Å². The Labute approximate surface area is 226 Å². The van der Waals surface area contributed by atoms with Gasteiger partial charge >= 0.3 is 0 Å². The Hall–Kier alpha value is -3.11. The molecule has 2 aliphatic rings. The molecule has 0 aromatic carbocycles. The number of fused-ring (bicyclic) bond motifs is 1. The van der Waals surface area contributed by atoms with Crippen LogP contribution in [-0.2, 0) is 11.3 Å². The number of rotatable bonds is 6. The summed E-state index contributed by atoms with van der Waals surface area (Å²) < 4.78 is 13.8. The Morgan fingerprint density at radius 1 is 1.08 bits per heavy atom. The number of hydrogen-bond donors (Lipinski definition) is 0. The fraction of sp³-hybridized carbons (Fsp3) is 0.556. The predicted octanol–water partition coefficient (Wildman–Crippen LogP) is 5.42. The maximum Gasteiger partial charge on any atom is 0.285 e. The van der Waals surface area contributed by atoms with Crippen molar-refractivity contribution in [3.8, 4) is 23.0 Å². The molecule has 1 saturated heterocycles. The maximum atomic E-state index is 6.38. The Bertz CT molecular complexity index is 1400. The SMILES string of the molecule is CC[C@@H]1[C@@H](C)OCCN1c1nc2nc(-c3nnco3)nc(-c3cncc(Cl)c3)c2n1C[C@H]1CC[C@H](C)CC1. The van der Waals surface area contributed by atoms with Gasteiger partial charge in [0, 0.05) is 31.0 Å². The van der Waals surface area contributed by atoms with Gasteiger partial charge in [0.05, 0.1) is 23.8 Å². The van der Waals surface area contributed by atoms with Crippen LogP contribution < -0.4 is 4.90 Å². The zero-order valence-electron chi connectivity index (χ0n) is 22.0. The van der Waals surface area contributed by atoms with Crippen molar-refractivity contribution in [2.24, 2.45) is 11.8 Å². The second-order valence-corrected chi connectivity index (χ2v) is 11.0. The van der Waals surface area contributed by atoms with Gasteiger partial charge in [-0.2, -0.15) is 4.98 Å². The Kier molecular flexibility index (Phi) is 7.01. The first-order valence-corrected chi connectivity index (χ1v) is 13.9. The smallest absolute Gasteiger partial charge is 0.285 e. The molecule has 0 spiro atoms. The number of pyridine rings is 1. The van der Waals surface area contributed by atoms with E-state index in [2.05, 4.69) is 45.4 Å². The van der Waals surface area contributed by atoms with E-state index in [9.17, 15) is 0 Å². The van der Waals surface area contributed by atoms with Gasteiger partial charge < -0.3 is 18.6 Å². The van der Waals surface area contributed by atoms with Crippen LogP contribution in [0.3, 0.4) is 0 Å². The van der Waals surface area contributed by atoms with Gasteiger partial charge in [-0.25, -0.2) is 9.97 Å². The molecule has 11 heteroatoms. The van der Waals surface area contributed by atoms with Crippen LogP contribution in [0.1, 0.15) is 52.9 Å². The molecular formula is C27H33ClN8O2. The van der Waals surface area contributed by atoms with E-state index in [-0.39, 0.29) is 18.0 Å². The van der Waals surface area contributed by atoms with E-state index in [4.69, 9.17) is 35.7 Å². The molecule has 1 saturated carbocycles. The number of hydrogen-bond acceptors (Lipinski definition) is 9. The molecule has 1 aliphatic carbocycles. The lowest BCUT2D eigenvalue weighted by Gasteiger charge is -2.40. The van der Waals surface area contributed by atoms with E-state index in [0.29, 0.717) is 34.7 Å². The van der Waals surface area contributed by atoms with Crippen molar-refractivity contribution in [2.45, 2.75) is 71.6 Å². The summed E-state index contributed by atoms with van der Waals surface area (Å²) in [6.45, 7) is 8.98. The van der Waals surface area contributed by atoms with Gasteiger partial charge in [0.15, 0.2) is 5.65 Å². The standard InChI is InChI=1S/C27H33ClN8O2/c1-4-21-17(3)37-10-9-35(21)27-33-24-23(36(27)14-18-7-5-16(2)6-8-18)22(19-11-20(28)13-29-12-19)31-25(32-24)26-34-30-15-38-26/h11-13,15-18,21H,4-10,14H2,1-3H3/t16-,17-,18-,21-/m1/s1. The van der Waals surface area contributed by atoms with Gasteiger partial charge in [-0.3, -0.25) is 4.98 Å². The summed E-state index contributed by atoms with van der Waals surface area (Å²) in [5.74, 6) is 2.82. The number of ether oxygens (including phenoxy) is 1. The zero-order chi connectivity index (χ0) is 26.2. The normalized spacial score (nSPS) is 24.3. The highest BCUT2D eigenvalue weighted by Crippen LogP contribution is 2.37. The van der Waals surface area contributed by atoms with Gasteiger partial charge in [0.25, 0.3) is 5.89 Å². The van der Waals surface area contributed by atoms with E-state index in [0.717, 1.165) is 42.5 Å². The predicted molar refractivity (Wildman–Crippen MR) is 145 cm³/mol. The number of halogens is 1. The summed E-state index contributed by atoms with van der Waals surface area (Å²) in [4.78, 5) is 21.7. The lowest BCUT2D eigenvalue weighted by atomic mass is 9.83. The van der Waals surface area contributed by atoms with E-state index in [1.165, 1.54) is 32.1 Å². The number of nitrogens with zero attached hydrogens (tertiary/aromatic N) is 8. The Balaban J connectivity index is 1.57. The summed E-state index contributed by atoms with van der Waals surface area (Å²) in [7, 11) is 0. The highest BCUT2D eigenvalue weighted by atomic mass is 35.5. The number of anilines is 1. The lowest BCUT2D eigenvalue weighted by Crippen LogP contribution is -2.51. The van der Waals surface area contributed by atoms with E-state index in [1.54, 1.807) is 12.4 Å². The first-order chi connectivity index (χ1) is 18.5. The van der Waals surface area contributed by atoms with Crippen molar-refractivity contribution < 1.29 is 9.15 Å². The molecule has 0 bridgehead atoms. The number of morpholine rings is 1. The monoisotopic (exact) mass is 536 g/mol. The molecular weight excluding hydrogens is 504 g/mol. The minimum Gasteiger partial charge on any atom is -0.421 e. The van der Waals surface area contributed by atoms with E-state index < -0.39 is 0 Å². The highest BCUT2D eigenvalue weighted by Gasteiger charge is 2.34. The van der Waals surface area contributed by atoms with Crippen molar-refractivity contribution in [3.05, 3.63) is 29.9 Å². The van der Waals surface area contributed by atoms with Crippen LogP contribution in [0.4, 0.5) is 5.95 Å². The molecule has 5 heterocycles. The molecule has 4 aromatic rings. The van der Waals surface area contributed by atoms with Crippen LogP contribution in [0.2, 0.25) is 5.02 Å². The fourth-order valence-corrected chi connectivity index (χ4v) is 6.14. The fourth-order valence-electron chi connectivity index (χ4n) is 5.96. The molecule has 200 valence electrons. The summed E-state index contributed by atoms with van der Waals surface area (Å²) in [6, 6.07) is 2.09. The van der Waals surface area contributed by atoms with Crippen LogP contribution >= 0.6 is 11.6 Å². The molecule has 0 unspecified atom stereocenters. The molecule has 0 amide bonds. The van der Waals surface area contributed by atoms with E-state index >= 15 is 0 Å². The third kappa shape index (κ3) is 4.75. The lowest BCUT2D eigenvalue weighted by molar-refractivity contribution is 0.0217. The van der Waals surface area contributed by atoms with Gasteiger partial charge in [-0.05, 0) is 44.1 Å². The maximum absolute atomic E-state index is 6.38. The molecule has 6 rings (SSSR count). The van der Waals surface area contributed by atoms with Crippen molar-refractivity contribution in [1.29, 1.82) is 0 Å². The first-order valence-electron chi connectivity index (χ1n) is 13.6. The van der Waals surface area contributed by atoms with Crippen molar-refractivity contribution in [3.63, 3.8) is 0 Å². The van der Waals surface area contributed by atoms with Gasteiger partial charge in [0.2, 0.25) is 18.2 Å².